The third-order valence-corrected chi connectivity index (χ3v) is 4.97. The van der Waals surface area contributed by atoms with E-state index in [1.807, 2.05) is 79.9 Å². The first-order chi connectivity index (χ1) is 14.0. The van der Waals surface area contributed by atoms with Gasteiger partial charge in [0.2, 0.25) is 0 Å². The largest absolute Gasteiger partial charge is 0.452 e. The van der Waals surface area contributed by atoms with E-state index in [1.54, 1.807) is 6.07 Å². The number of esters is 1. The number of rotatable bonds is 7. The van der Waals surface area contributed by atoms with Gasteiger partial charge in [0.1, 0.15) is 0 Å². The predicted octanol–water partition coefficient (Wildman–Crippen LogP) is 4.51. The molecular weight excluding hydrogens is 364 g/mol. The van der Waals surface area contributed by atoms with Gasteiger partial charge in [0.25, 0.3) is 5.91 Å². The van der Waals surface area contributed by atoms with E-state index in [9.17, 15) is 9.59 Å². The van der Waals surface area contributed by atoms with Crippen LogP contribution in [0.1, 0.15) is 39.8 Å². The van der Waals surface area contributed by atoms with E-state index in [4.69, 9.17) is 4.74 Å². The summed E-state index contributed by atoms with van der Waals surface area (Å²) < 4.78 is 7.29. The fourth-order valence-corrected chi connectivity index (χ4v) is 3.50. The molecule has 2 aromatic carbocycles. The van der Waals surface area contributed by atoms with Crippen molar-refractivity contribution in [2.75, 3.05) is 11.9 Å². The van der Waals surface area contributed by atoms with Crippen molar-refractivity contribution in [3.63, 3.8) is 0 Å². The number of anilines is 1. The number of hydrogen-bond acceptors (Lipinski definition) is 3. The molecule has 3 aromatic rings. The summed E-state index contributed by atoms with van der Waals surface area (Å²) in [6.07, 6.45) is 0.708. The number of ether oxygens (including phenoxy) is 1. The van der Waals surface area contributed by atoms with E-state index in [2.05, 4.69) is 5.32 Å². The van der Waals surface area contributed by atoms with E-state index in [0.29, 0.717) is 12.0 Å². The molecule has 150 valence electrons. The molecule has 0 fully saturated rings. The number of para-hydroxylation sites is 1. The number of amides is 1. The van der Waals surface area contributed by atoms with Crippen LogP contribution in [0.25, 0.3) is 0 Å². The molecule has 0 saturated carbocycles. The second-order valence-corrected chi connectivity index (χ2v) is 6.97. The molecule has 0 spiro atoms. The molecule has 3 rings (SSSR count). The molecule has 5 heteroatoms. The van der Waals surface area contributed by atoms with E-state index in [0.717, 1.165) is 34.7 Å². The Bertz CT molecular complexity index is 1010. The Hall–Kier alpha value is -3.34. The Kier molecular flexibility index (Phi) is 6.50. The van der Waals surface area contributed by atoms with E-state index >= 15 is 0 Å². The zero-order valence-corrected chi connectivity index (χ0v) is 17.1. The molecule has 0 radical (unpaired) electrons. The van der Waals surface area contributed by atoms with Crippen molar-refractivity contribution in [2.24, 2.45) is 0 Å². The number of carbonyl (C=O) groups is 2. The molecule has 0 saturated heterocycles. The lowest BCUT2D eigenvalue weighted by molar-refractivity contribution is -0.119. The molecule has 5 nitrogen and oxygen atoms in total. The average molecular weight is 390 g/mol. The summed E-state index contributed by atoms with van der Waals surface area (Å²) in [7, 11) is 0. The summed E-state index contributed by atoms with van der Waals surface area (Å²) in [6.45, 7) is 6.31. The molecule has 0 unspecified atom stereocenters. The number of aryl methyl sites for hydroxylation is 1. The number of aromatic nitrogens is 1. The predicted molar refractivity (Wildman–Crippen MR) is 114 cm³/mol. The van der Waals surface area contributed by atoms with E-state index in [-0.39, 0.29) is 12.5 Å². The molecule has 0 atom stereocenters. The zero-order chi connectivity index (χ0) is 20.8. The Labute approximate surface area is 171 Å². The topological polar surface area (TPSA) is 60.3 Å². The fourth-order valence-electron chi connectivity index (χ4n) is 3.50. The minimum Gasteiger partial charge on any atom is -0.452 e. The highest BCUT2D eigenvalue weighted by Crippen LogP contribution is 2.19. The maximum atomic E-state index is 12.4. The quantitative estimate of drug-likeness (QED) is 0.604. The summed E-state index contributed by atoms with van der Waals surface area (Å²) in [5.74, 6) is -0.839. The van der Waals surface area contributed by atoms with E-state index < -0.39 is 5.97 Å². The number of carbonyl (C=O) groups excluding carboxylic acids is 2. The third-order valence-electron chi connectivity index (χ3n) is 4.97. The highest BCUT2D eigenvalue weighted by atomic mass is 16.5. The lowest BCUT2D eigenvalue weighted by Crippen LogP contribution is -2.21. The van der Waals surface area contributed by atoms with Gasteiger partial charge in [-0.25, -0.2) is 4.79 Å². The molecule has 1 N–H and O–H groups in total. The van der Waals surface area contributed by atoms with Crippen LogP contribution in [0.3, 0.4) is 0 Å². The molecule has 1 amide bonds. The summed E-state index contributed by atoms with van der Waals surface area (Å²) in [5.41, 5.74) is 5.24. The minimum absolute atomic E-state index is 0.325. The van der Waals surface area contributed by atoms with Gasteiger partial charge in [0, 0.05) is 23.6 Å². The van der Waals surface area contributed by atoms with Crippen molar-refractivity contribution in [3.05, 3.63) is 88.7 Å². The maximum absolute atomic E-state index is 12.4. The van der Waals surface area contributed by atoms with Crippen molar-refractivity contribution in [2.45, 2.75) is 33.7 Å². The van der Waals surface area contributed by atoms with Gasteiger partial charge in [0.05, 0.1) is 5.56 Å². The summed E-state index contributed by atoms with van der Waals surface area (Å²) >= 11 is 0. The van der Waals surface area contributed by atoms with E-state index in [1.165, 1.54) is 0 Å². The number of nitrogens with one attached hydrogen (secondary N) is 1. The Balaban J connectivity index is 1.62. The maximum Gasteiger partial charge on any atom is 0.340 e. The van der Waals surface area contributed by atoms with Gasteiger partial charge in [-0.15, -0.1) is 0 Å². The summed E-state index contributed by atoms with van der Waals surface area (Å²) in [6, 6.07) is 19.5. The first-order valence-corrected chi connectivity index (χ1v) is 9.75. The second kappa shape index (κ2) is 9.24. The molecule has 1 heterocycles. The fraction of sp³-hybridized carbons (Fsp3) is 0.250. The van der Waals surface area contributed by atoms with Crippen LogP contribution in [0.15, 0.2) is 60.7 Å². The smallest absolute Gasteiger partial charge is 0.340 e. The number of benzene rings is 2. The van der Waals surface area contributed by atoms with Crippen LogP contribution >= 0.6 is 0 Å². The van der Waals surface area contributed by atoms with Crippen LogP contribution in [0, 0.1) is 13.8 Å². The Morgan fingerprint density at radius 2 is 1.69 bits per heavy atom. The lowest BCUT2D eigenvalue weighted by atomic mass is 10.0. The Morgan fingerprint density at radius 3 is 2.38 bits per heavy atom. The van der Waals surface area contributed by atoms with Crippen LogP contribution in [0.4, 0.5) is 5.69 Å². The van der Waals surface area contributed by atoms with Crippen LogP contribution in [0.2, 0.25) is 0 Å². The lowest BCUT2D eigenvalue weighted by Gasteiger charge is -2.12. The first-order valence-electron chi connectivity index (χ1n) is 9.75. The van der Waals surface area contributed by atoms with Crippen molar-refractivity contribution < 1.29 is 14.3 Å². The third kappa shape index (κ3) is 4.93. The zero-order valence-electron chi connectivity index (χ0n) is 17.1. The molecule has 0 bridgehead atoms. The first kappa shape index (κ1) is 20.4. The Morgan fingerprint density at radius 1 is 1.00 bits per heavy atom. The molecule has 0 aliphatic carbocycles. The highest BCUT2D eigenvalue weighted by molar-refractivity contribution is 5.96. The molecular formula is C24H26N2O3. The van der Waals surface area contributed by atoms with Gasteiger partial charge in [-0.2, -0.15) is 0 Å². The molecule has 0 aliphatic heterocycles. The van der Waals surface area contributed by atoms with Crippen LogP contribution in [-0.2, 0) is 22.5 Å². The molecule has 1 aromatic heterocycles. The van der Waals surface area contributed by atoms with Crippen LogP contribution in [-0.4, -0.2) is 23.1 Å². The summed E-state index contributed by atoms with van der Waals surface area (Å²) in [5, 5.41) is 2.86. The van der Waals surface area contributed by atoms with Crippen molar-refractivity contribution in [1.82, 2.24) is 4.57 Å². The summed E-state index contributed by atoms with van der Waals surface area (Å²) in [4.78, 5) is 24.8. The van der Waals surface area contributed by atoms with Gasteiger partial charge in [0.15, 0.2) is 6.61 Å². The number of hydrogen-bond donors (Lipinski definition) is 1. The molecule has 29 heavy (non-hydrogen) atoms. The second-order valence-electron chi connectivity index (χ2n) is 6.97. The van der Waals surface area contributed by atoms with Crippen LogP contribution in [0.5, 0.6) is 0 Å². The minimum atomic E-state index is -0.481. The van der Waals surface area contributed by atoms with Crippen LogP contribution < -0.4 is 5.32 Å². The van der Waals surface area contributed by atoms with Gasteiger partial charge < -0.3 is 14.6 Å². The normalized spacial score (nSPS) is 10.6. The van der Waals surface area contributed by atoms with Gasteiger partial charge >= 0.3 is 5.97 Å². The SMILES string of the molecule is CCn1c(C)cc(C(=O)OCC(=O)Nc2ccccc2Cc2ccccc2)c1C. The average Bonchev–Trinajstić information content (AvgIpc) is 3.02. The number of nitrogens with zero attached hydrogens (tertiary/aromatic N) is 1. The van der Waals surface area contributed by atoms with Gasteiger partial charge in [-0.1, -0.05) is 48.5 Å². The standard InChI is InChI=1S/C24H26N2O3/c1-4-26-17(2)14-21(18(26)3)24(28)29-16-23(27)25-22-13-9-8-12-20(22)15-19-10-6-5-7-11-19/h5-14H,4,15-16H2,1-3H3,(H,25,27). The van der Waals surface area contributed by atoms with Crippen molar-refractivity contribution in [1.29, 1.82) is 0 Å². The van der Waals surface area contributed by atoms with Crippen molar-refractivity contribution >= 4 is 17.6 Å². The van der Waals surface area contributed by atoms with Gasteiger partial charge in [-0.05, 0) is 50.5 Å². The van der Waals surface area contributed by atoms with Crippen molar-refractivity contribution in [3.8, 4) is 0 Å². The highest BCUT2D eigenvalue weighted by Gasteiger charge is 2.17. The monoisotopic (exact) mass is 390 g/mol. The molecule has 0 aliphatic rings. The van der Waals surface area contributed by atoms with Gasteiger partial charge in [-0.3, -0.25) is 4.79 Å².